The van der Waals surface area contributed by atoms with Gasteiger partial charge in [0.05, 0.1) is 36.5 Å². The lowest BCUT2D eigenvalue weighted by molar-refractivity contribution is -0.145. The molecule has 16 nitrogen and oxygen atoms in total. The van der Waals surface area contributed by atoms with Gasteiger partial charge in [0.2, 0.25) is 26.0 Å². The maximum atomic E-state index is 14.5. The van der Waals surface area contributed by atoms with Gasteiger partial charge in [-0.15, -0.1) is 6.58 Å². The van der Waals surface area contributed by atoms with Crippen LogP contribution in [0, 0.1) is 26.6 Å². The van der Waals surface area contributed by atoms with E-state index in [0.717, 1.165) is 5.56 Å². The Balaban J connectivity index is 1.16. The van der Waals surface area contributed by atoms with Crippen molar-refractivity contribution >= 4 is 35.5 Å². The first-order valence-corrected chi connectivity index (χ1v) is 29.7. The minimum absolute atomic E-state index is 0.000663. The summed E-state index contributed by atoms with van der Waals surface area (Å²) in [5, 5.41) is 11.1. The first kappa shape index (κ1) is 57.2. The molecular formula is C60H63FN4O12SSi. The molecule has 5 aromatic carbocycles. The molecule has 0 saturated heterocycles. The SMILES string of the molecule is C=CCOCC(COS(=O)(=O)c1ccc(C)cc1)Oc1cc(C)c(-c2c(-c3ccc(F)cc3)oc3ncnc(OC(Cc4cc(O[Si](C)(C)C(C)(C)C)ccc4OCc4ccnc(-c5ccccc5OC)n4)C(=O)O)c23)c(C)c1. The first-order valence-electron chi connectivity index (χ1n) is 25.4. The highest BCUT2D eigenvalue weighted by Crippen LogP contribution is 2.47. The number of carbonyl (C=O) groups is 1. The van der Waals surface area contributed by atoms with Crippen LogP contribution in [0.15, 0.2) is 144 Å². The summed E-state index contributed by atoms with van der Waals surface area (Å²) in [6.45, 7) is 19.7. The quantitative estimate of drug-likeness (QED) is 0.0259. The topological polar surface area (TPSA) is 201 Å². The van der Waals surface area contributed by atoms with Crippen molar-refractivity contribution < 1.29 is 59.4 Å². The van der Waals surface area contributed by atoms with E-state index in [4.69, 9.17) is 41.7 Å². The highest BCUT2D eigenvalue weighted by atomic mass is 32.2. The fourth-order valence-electron chi connectivity index (χ4n) is 8.42. The second-order valence-electron chi connectivity index (χ2n) is 20.4. The van der Waals surface area contributed by atoms with Crippen LogP contribution in [0.3, 0.4) is 0 Å². The highest BCUT2D eigenvalue weighted by Gasteiger charge is 2.39. The second-order valence-corrected chi connectivity index (χ2v) is 26.7. The number of hydrogen-bond acceptors (Lipinski definition) is 15. The standard InChI is InChI=1S/C60H63FN4O12SSi/c1-11-28-71-34-46(35-73-78(68,69)47-23-16-37(2)17-24-47)74-45-29-38(3)52(39(4)30-45)53-54-57(63-36-64-58(54)76-55(53)40-18-20-42(61)21-19-40)75-51(59(66)67)32-41-31-44(77-79(9,10)60(5,6)7)22-25-49(41)72-33-43-26-27-62-56(65-43)48-14-12-13-15-50(48)70-8/h11-27,29-31,36,46,51H,1,28,32-35H2,2-10H3,(H,66,67). The number of ether oxygens (including phenoxy) is 5. The average molecular weight is 1110 g/mol. The number of carboxylic acids is 1. The van der Waals surface area contributed by atoms with Crippen molar-refractivity contribution in [3.05, 3.63) is 168 Å². The maximum Gasteiger partial charge on any atom is 0.345 e. The van der Waals surface area contributed by atoms with E-state index in [1.165, 1.54) is 30.6 Å². The van der Waals surface area contributed by atoms with E-state index in [1.807, 2.05) is 51.1 Å². The third-order valence-corrected chi connectivity index (χ3v) is 19.1. The number of hydrogen-bond donors (Lipinski definition) is 1. The van der Waals surface area contributed by atoms with Gasteiger partial charge in [0.1, 0.15) is 65.6 Å². The second kappa shape index (κ2) is 24.4. The predicted octanol–water partition coefficient (Wildman–Crippen LogP) is 12.5. The van der Waals surface area contributed by atoms with Crippen LogP contribution in [-0.2, 0) is 36.9 Å². The molecule has 1 N–H and O–H groups in total. The molecule has 0 bridgehead atoms. The van der Waals surface area contributed by atoms with Crippen LogP contribution in [0.5, 0.6) is 28.9 Å². The molecule has 0 aliphatic heterocycles. The minimum Gasteiger partial charge on any atom is -0.543 e. The Morgan fingerprint density at radius 1 is 0.848 bits per heavy atom. The summed E-state index contributed by atoms with van der Waals surface area (Å²) in [4.78, 5) is 31.8. The first-order chi connectivity index (χ1) is 37.6. The monoisotopic (exact) mass is 1110 g/mol. The van der Waals surface area contributed by atoms with Gasteiger partial charge >= 0.3 is 5.97 Å². The van der Waals surface area contributed by atoms with Gasteiger partial charge in [0, 0.05) is 29.3 Å². The number of para-hydroxylation sites is 1. The molecule has 0 aliphatic carbocycles. The van der Waals surface area contributed by atoms with Crippen LogP contribution in [0.1, 0.15) is 48.7 Å². The van der Waals surface area contributed by atoms with Crippen LogP contribution in [0.4, 0.5) is 4.39 Å². The molecule has 0 aliphatic rings. The molecule has 0 amide bonds. The van der Waals surface area contributed by atoms with Gasteiger partial charge in [-0.1, -0.05) is 56.7 Å². The zero-order valence-electron chi connectivity index (χ0n) is 45.5. The van der Waals surface area contributed by atoms with Crippen LogP contribution >= 0.6 is 0 Å². The molecule has 3 aromatic heterocycles. The summed E-state index contributed by atoms with van der Waals surface area (Å²) in [5.74, 6) is 0.734. The fraction of sp³-hybridized carbons (Fsp3) is 0.283. The number of benzene rings is 5. The number of methoxy groups -OCH3 is 1. The zero-order chi connectivity index (χ0) is 56.6. The van der Waals surface area contributed by atoms with Gasteiger partial charge in [-0.2, -0.15) is 8.42 Å². The highest BCUT2D eigenvalue weighted by molar-refractivity contribution is 7.86. The smallest absolute Gasteiger partial charge is 0.345 e. The molecular weight excluding hydrogens is 1050 g/mol. The molecule has 412 valence electrons. The number of fused-ring (bicyclic) bond motifs is 1. The van der Waals surface area contributed by atoms with Gasteiger partial charge in [0.25, 0.3) is 10.1 Å². The van der Waals surface area contributed by atoms with E-state index in [0.29, 0.717) is 73.5 Å². The predicted molar refractivity (Wildman–Crippen MR) is 300 cm³/mol. The molecule has 8 rings (SSSR count). The van der Waals surface area contributed by atoms with Crippen LogP contribution in [0.2, 0.25) is 18.1 Å². The van der Waals surface area contributed by atoms with Crippen molar-refractivity contribution in [1.29, 1.82) is 0 Å². The third kappa shape index (κ3) is 13.7. The van der Waals surface area contributed by atoms with Gasteiger partial charge in [-0.05, 0) is 141 Å². The number of halogens is 1. The summed E-state index contributed by atoms with van der Waals surface area (Å²) >= 11 is 0. The van der Waals surface area contributed by atoms with Crippen molar-refractivity contribution in [2.75, 3.05) is 26.9 Å². The lowest BCUT2D eigenvalue weighted by atomic mass is 9.92. The third-order valence-electron chi connectivity index (χ3n) is 13.5. The fourth-order valence-corrected chi connectivity index (χ4v) is 10.4. The minimum atomic E-state index is -4.15. The number of nitrogens with zero attached hydrogens (tertiary/aromatic N) is 4. The Bertz CT molecular complexity index is 3560. The largest absolute Gasteiger partial charge is 0.543 e. The number of rotatable bonds is 24. The van der Waals surface area contributed by atoms with Crippen LogP contribution in [-0.4, -0.2) is 86.9 Å². The average Bonchev–Trinajstić information content (AvgIpc) is 3.98. The number of aliphatic carboxylic acids is 1. The van der Waals surface area contributed by atoms with E-state index in [9.17, 15) is 22.7 Å². The molecule has 2 atom stereocenters. The number of aryl methyl sites for hydroxylation is 3. The lowest BCUT2D eigenvalue weighted by Gasteiger charge is -2.36. The van der Waals surface area contributed by atoms with Crippen LogP contribution < -0.4 is 23.4 Å². The van der Waals surface area contributed by atoms with Gasteiger partial charge < -0.3 is 37.6 Å². The Morgan fingerprint density at radius 2 is 1.57 bits per heavy atom. The molecule has 0 fully saturated rings. The Morgan fingerprint density at radius 3 is 2.25 bits per heavy atom. The van der Waals surface area contributed by atoms with E-state index in [2.05, 4.69) is 55.4 Å². The van der Waals surface area contributed by atoms with Crippen molar-refractivity contribution in [2.45, 2.75) is 89.8 Å². The van der Waals surface area contributed by atoms with Crippen molar-refractivity contribution in [1.82, 2.24) is 19.9 Å². The summed E-state index contributed by atoms with van der Waals surface area (Å²) in [5.41, 5.74) is 5.56. The molecule has 3 heterocycles. The van der Waals surface area contributed by atoms with Crippen molar-refractivity contribution in [2.24, 2.45) is 0 Å². The number of carboxylic acid groups (broad SMARTS) is 1. The summed E-state index contributed by atoms with van der Waals surface area (Å²) < 4.78 is 90.3. The molecule has 8 aromatic rings. The van der Waals surface area contributed by atoms with Crippen molar-refractivity contribution in [3.63, 3.8) is 0 Å². The number of furan rings is 1. The zero-order valence-corrected chi connectivity index (χ0v) is 47.4. The maximum absolute atomic E-state index is 14.5. The van der Waals surface area contributed by atoms with E-state index in [1.54, 1.807) is 74.0 Å². The van der Waals surface area contributed by atoms with E-state index in [-0.39, 0.29) is 65.5 Å². The molecule has 0 saturated carbocycles. The number of aromatic nitrogens is 4. The van der Waals surface area contributed by atoms with E-state index < -0.39 is 42.4 Å². The molecule has 19 heteroatoms. The van der Waals surface area contributed by atoms with Crippen molar-refractivity contribution in [3.8, 4) is 62.7 Å². The summed E-state index contributed by atoms with van der Waals surface area (Å²) in [6, 6.07) is 30.1. The molecule has 79 heavy (non-hydrogen) atoms. The normalized spacial score (nSPS) is 12.7. The molecule has 2 unspecified atom stereocenters. The Kier molecular flexibility index (Phi) is 17.6. The van der Waals surface area contributed by atoms with E-state index >= 15 is 0 Å². The molecule has 0 radical (unpaired) electrons. The van der Waals surface area contributed by atoms with Gasteiger partial charge in [-0.25, -0.2) is 29.1 Å². The summed E-state index contributed by atoms with van der Waals surface area (Å²) in [6.07, 6.45) is 1.76. The van der Waals surface area contributed by atoms with Gasteiger partial charge in [-0.3, -0.25) is 4.18 Å². The van der Waals surface area contributed by atoms with Gasteiger partial charge in [0.15, 0.2) is 5.82 Å². The lowest BCUT2D eigenvalue weighted by Crippen LogP contribution is -2.43. The Labute approximate surface area is 460 Å². The summed E-state index contributed by atoms with van der Waals surface area (Å²) in [7, 11) is -4.95. The molecule has 0 spiro atoms. The Hall–Kier alpha value is -7.97. The van der Waals surface area contributed by atoms with Crippen LogP contribution in [0.25, 0.3) is 44.9 Å².